The number of hydrogen-bond acceptors (Lipinski definition) is 5. The summed E-state index contributed by atoms with van der Waals surface area (Å²) in [5, 5.41) is 0. The van der Waals surface area contributed by atoms with Crippen LogP contribution in [0.1, 0.15) is 33.8 Å². The van der Waals surface area contributed by atoms with Crippen LogP contribution >= 0.6 is 11.8 Å². The number of fused-ring (bicyclic) bond motifs is 1. The summed E-state index contributed by atoms with van der Waals surface area (Å²) in [6, 6.07) is 3.91. The fraction of sp³-hybridized carbons (Fsp3) is 0.375. The second-order valence-electron chi connectivity index (χ2n) is 5.25. The van der Waals surface area contributed by atoms with Crippen LogP contribution in [0.2, 0.25) is 0 Å². The average molecular weight is 304 g/mol. The molecule has 1 aliphatic heterocycles. The third-order valence-corrected chi connectivity index (χ3v) is 4.81. The molecule has 21 heavy (non-hydrogen) atoms. The van der Waals surface area contributed by atoms with Crippen LogP contribution in [0.15, 0.2) is 29.2 Å². The lowest BCUT2D eigenvalue weighted by molar-refractivity contribution is 0.111. The predicted octanol–water partition coefficient (Wildman–Crippen LogP) is 3.48. The van der Waals surface area contributed by atoms with Gasteiger partial charge in [0.05, 0.1) is 0 Å². The Morgan fingerprint density at radius 3 is 2.86 bits per heavy atom. The number of carbonyl (C=O) groups excluding carboxylic acids is 2. The van der Waals surface area contributed by atoms with Crippen molar-refractivity contribution in [1.29, 1.82) is 0 Å². The van der Waals surface area contributed by atoms with Crippen LogP contribution in [0.5, 0.6) is 0 Å². The highest BCUT2D eigenvalue weighted by molar-refractivity contribution is 7.98. The van der Waals surface area contributed by atoms with Crippen LogP contribution < -0.4 is 0 Å². The lowest BCUT2D eigenvalue weighted by Crippen LogP contribution is -2.31. The Bertz CT molecular complexity index is 623. The molecule has 1 aliphatic carbocycles. The lowest BCUT2D eigenvalue weighted by Gasteiger charge is -2.27. The average Bonchev–Trinajstić information content (AvgIpc) is 2.87. The summed E-state index contributed by atoms with van der Waals surface area (Å²) < 4.78 is 10.5. The van der Waals surface area contributed by atoms with Crippen LogP contribution in [-0.4, -0.2) is 30.9 Å². The largest absolute Gasteiger partial charge is 0.509 e. The van der Waals surface area contributed by atoms with Crippen LogP contribution in [0, 0.1) is 6.92 Å². The number of carbonyl (C=O) groups is 2. The summed E-state index contributed by atoms with van der Waals surface area (Å²) in [5.41, 5.74) is 2.77. The van der Waals surface area contributed by atoms with Gasteiger partial charge in [0, 0.05) is 22.8 Å². The molecule has 0 spiro atoms. The minimum atomic E-state index is -0.604. The fourth-order valence-corrected chi connectivity index (χ4v) is 3.62. The van der Waals surface area contributed by atoms with Gasteiger partial charge in [0.1, 0.15) is 6.10 Å². The minimum absolute atomic E-state index is 0.0650. The van der Waals surface area contributed by atoms with Gasteiger partial charge in [0.25, 0.3) is 0 Å². The van der Waals surface area contributed by atoms with Gasteiger partial charge >= 0.3 is 6.16 Å². The van der Waals surface area contributed by atoms with Crippen LogP contribution in [0.3, 0.4) is 0 Å². The Kier molecular flexibility index (Phi) is 3.76. The van der Waals surface area contributed by atoms with Gasteiger partial charge in [-0.1, -0.05) is 12.2 Å². The van der Waals surface area contributed by atoms with Crippen LogP contribution in [0.4, 0.5) is 4.79 Å². The molecule has 3 rings (SSSR count). The SMILES string of the molecule is CSc1cc(C)c(C2C=CCC3OC(=O)OC32)cc1C=O. The van der Waals surface area contributed by atoms with E-state index in [1.807, 2.05) is 37.5 Å². The Hall–Kier alpha value is -1.75. The highest BCUT2D eigenvalue weighted by Crippen LogP contribution is 2.38. The van der Waals surface area contributed by atoms with Gasteiger partial charge in [-0.25, -0.2) is 4.79 Å². The van der Waals surface area contributed by atoms with Crippen molar-refractivity contribution >= 4 is 24.2 Å². The molecule has 1 aromatic carbocycles. The number of hydrogen-bond donors (Lipinski definition) is 0. The first kappa shape index (κ1) is 14.2. The third kappa shape index (κ3) is 2.46. The molecule has 4 nitrogen and oxygen atoms in total. The second-order valence-corrected chi connectivity index (χ2v) is 6.10. The molecule has 0 amide bonds. The summed E-state index contributed by atoms with van der Waals surface area (Å²) in [4.78, 5) is 23.6. The second kappa shape index (κ2) is 5.56. The van der Waals surface area contributed by atoms with E-state index in [9.17, 15) is 9.59 Å². The zero-order valence-corrected chi connectivity index (χ0v) is 12.7. The van der Waals surface area contributed by atoms with Crippen molar-refractivity contribution in [3.63, 3.8) is 0 Å². The van der Waals surface area contributed by atoms with Crippen molar-refractivity contribution in [2.45, 2.75) is 36.4 Å². The smallest absolute Gasteiger partial charge is 0.427 e. The number of rotatable bonds is 3. The van der Waals surface area contributed by atoms with E-state index in [0.717, 1.165) is 22.3 Å². The van der Waals surface area contributed by atoms with E-state index in [4.69, 9.17) is 9.47 Å². The Morgan fingerprint density at radius 1 is 1.33 bits per heavy atom. The highest BCUT2D eigenvalue weighted by Gasteiger charge is 2.43. The van der Waals surface area contributed by atoms with E-state index in [0.29, 0.717) is 12.0 Å². The first-order chi connectivity index (χ1) is 10.1. The molecule has 2 aliphatic rings. The highest BCUT2D eigenvalue weighted by atomic mass is 32.2. The normalized spacial score (nSPS) is 27.0. The summed E-state index contributed by atoms with van der Waals surface area (Å²) in [6.07, 6.45) is 6.41. The Morgan fingerprint density at radius 2 is 2.14 bits per heavy atom. The van der Waals surface area contributed by atoms with Crippen LogP contribution in [-0.2, 0) is 9.47 Å². The molecule has 1 heterocycles. The molecule has 0 radical (unpaired) electrons. The maximum Gasteiger partial charge on any atom is 0.509 e. The first-order valence-corrected chi connectivity index (χ1v) is 8.04. The van der Waals surface area contributed by atoms with Crippen molar-refractivity contribution in [3.8, 4) is 0 Å². The van der Waals surface area contributed by atoms with Gasteiger partial charge in [0.2, 0.25) is 0 Å². The molecule has 3 unspecified atom stereocenters. The fourth-order valence-electron chi connectivity index (χ4n) is 2.99. The molecule has 110 valence electrons. The van der Waals surface area contributed by atoms with Gasteiger partial charge in [-0.15, -0.1) is 11.8 Å². The number of ether oxygens (including phenoxy) is 2. The zero-order valence-electron chi connectivity index (χ0n) is 11.9. The van der Waals surface area contributed by atoms with E-state index in [2.05, 4.69) is 0 Å². The van der Waals surface area contributed by atoms with Gasteiger partial charge in [-0.3, -0.25) is 4.79 Å². The summed E-state index contributed by atoms with van der Waals surface area (Å²) in [6.45, 7) is 2.01. The van der Waals surface area contributed by atoms with Crippen molar-refractivity contribution in [2.24, 2.45) is 0 Å². The predicted molar refractivity (Wildman–Crippen MR) is 80.0 cm³/mol. The Balaban J connectivity index is 2.03. The summed E-state index contributed by atoms with van der Waals surface area (Å²) in [5.74, 6) is -0.0650. The maximum atomic E-state index is 11.4. The molecule has 3 atom stereocenters. The molecule has 1 saturated heterocycles. The van der Waals surface area contributed by atoms with Gasteiger partial charge < -0.3 is 9.47 Å². The molecule has 0 N–H and O–H groups in total. The van der Waals surface area contributed by atoms with Crippen molar-refractivity contribution in [2.75, 3.05) is 6.26 Å². The third-order valence-electron chi connectivity index (χ3n) is 4.02. The minimum Gasteiger partial charge on any atom is -0.427 e. The standard InChI is InChI=1S/C16H16O4S/c1-9-6-14(21-2)10(8-17)7-12(9)11-4-3-5-13-15(11)20-16(18)19-13/h3-4,6-8,11,13,15H,5H2,1-2H3. The van der Waals surface area contributed by atoms with Crippen LogP contribution in [0.25, 0.3) is 0 Å². The molecule has 5 heteroatoms. The summed E-state index contributed by atoms with van der Waals surface area (Å²) >= 11 is 1.55. The van der Waals surface area contributed by atoms with Crippen molar-refractivity contribution in [3.05, 3.63) is 41.0 Å². The number of thioether (sulfide) groups is 1. The molecular weight excluding hydrogens is 288 g/mol. The Labute approximate surface area is 127 Å². The topological polar surface area (TPSA) is 52.6 Å². The molecule has 1 fully saturated rings. The maximum absolute atomic E-state index is 11.4. The van der Waals surface area contributed by atoms with Gasteiger partial charge in [-0.2, -0.15) is 0 Å². The van der Waals surface area contributed by atoms with Gasteiger partial charge in [0.15, 0.2) is 12.4 Å². The number of aryl methyl sites for hydroxylation is 1. The number of benzene rings is 1. The summed E-state index contributed by atoms with van der Waals surface area (Å²) in [7, 11) is 0. The van der Waals surface area contributed by atoms with Gasteiger partial charge in [-0.05, 0) is 36.4 Å². The quantitative estimate of drug-likeness (QED) is 0.370. The monoisotopic (exact) mass is 304 g/mol. The van der Waals surface area contributed by atoms with E-state index in [1.54, 1.807) is 11.8 Å². The number of aldehydes is 1. The zero-order chi connectivity index (χ0) is 15.0. The van der Waals surface area contributed by atoms with E-state index in [1.165, 1.54) is 0 Å². The van der Waals surface area contributed by atoms with E-state index < -0.39 is 6.16 Å². The molecule has 0 aromatic heterocycles. The molecule has 0 saturated carbocycles. The van der Waals surface area contributed by atoms with E-state index in [-0.39, 0.29) is 18.1 Å². The lowest BCUT2D eigenvalue weighted by atomic mass is 9.82. The van der Waals surface area contributed by atoms with Crippen molar-refractivity contribution in [1.82, 2.24) is 0 Å². The van der Waals surface area contributed by atoms with E-state index >= 15 is 0 Å². The first-order valence-electron chi connectivity index (χ1n) is 6.81. The van der Waals surface area contributed by atoms with Crippen molar-refractivity contribution < 1.29 is 19.1 Å². The molecule has 0 bridgehead atoms. The molecule has 1 aromatic rings. The molecular formula is C16H16O4S.